The molecular weight excluding hydrogens is 156 g/mol. The quantitative estimate of drug-likeness (QED) is 0.531. The van der Waals surface area contributed by atoms with Gasteiger partial charge in [-0.05, 0) is 25.1 Å². The van der Waals surface area contributed by atoms with Crippen LogP contribution >= 0.6 is 0 Å². The lowest BCUT2D eigenvalue weighted by Crippen LogP contribution is -1.94. The number of hydrogen-bond donors (Lipinski definition) is 1. The molecule has 12 heavy (non-hydrogen) atoms. The highest BCUT2D eigenvalue weighted by atomic mass is 16.3. The normalized spacial score (nSPS) is 9.42. The number of aromatic hydroxyl groups is 1. The maximum Gasteiger partial charge on any atom is 0.163 e. The van der Waals surface area contributed by atoms with E-state index < -0.39 is 0 Å². The monoisotopic (exact) mass is 164 g/mol. The van der Waals surface area contributed by atoms with Gasteiger partial charge in [-0.25, -0.2) is 0 Å². The summed E-state index contributed by atoms with van der Waals surface area (Å²) in [5, 5.41) is 9.16. The Morgan fingerprint density at radius 3 is 2.67 bits per heavy atom. The number of hydrogen-bond acceptors (Lipinski definition) is 3. The van der Waals surface area contributed by atoms with E-state index in [2.05, 4.69) is 0 Å². The molecule has 3 nitrogen and oxygen atoms in total. The second-order valence-electron chi connectivity index (χ2n) is 2.45. The van der Waals surface area contributed by atoms with Crippen LogP contribution in [-0.2, 0) is 0 Å². The summed E-state index contributed by atoms with van der Waals surface area (Å²) in [7, 11) is 0. The Kier molecular flexibility index (Phi) is 2.24. The van der Waals surface area contributed by atoms with Crippen molar-refractivity contribution in [3.05, 3.63) is 29.3 Å². The fraction of sp³-hybridized carbons (Fsp3) is 0.111. The van der Waals surface area contributed by atoms with Crippen molar-refractivity contribution in [2.75, 3.05) is 0 Å². The molecule has 0 aliphatic rings. The molecule has 0 saturated carbocycles. The molecule has 1 aromatic carbocycles. The summed E-state index contributed by atoms with van der Waals surface area (Å²) in [5.74, 6) is -0.343. The van der Waals surface area contributed by atoms with E-state index in [9.17, 15) is 9.59 Å². The van der Waals surface area contributed by atoms with Crippen molar-refractivity contribution in [1.29, 1.82) is 0 Å². The van der Waals surface area contributed by atoms with Crippen LogP contribution in [0.4, 0.5) is 0 Å². The predicted octanol–water partition coefficient (Wildman–Crippen LogP) is 1.41. The molecule has 62 valence electrons. The highest BCUT2D eigenvalue weighted by Gasteiger charge is 2.06. The van der Waals surface area contributed by atoms with E-state index in [1.807, 2.05) is 0 Å². The molecule has 0 fully saturated rings. The van der Waals surface area contributed by atoms with Gasteiger partial charge in [0.25, 0.3) is 0 Å². The van der Waals surface area contributed by atoms with Crippen LogP contribution in [0.3, 0.4) is 0 Å². The first-order valence-corrected chi connectivity index (χ1v) is 3.44. The number of Topliss-reactive ketones (excluding diaryl/α,β-unsaturated/α-hetero) is 1. The van der Waals surface area contributed by atoms with Crippen LogP contribution in [0.1, 0.15) is 27.6 Å². The molecular formula is C9H8O3. The minimum absolute atomic E-state index is 0.0897. The summed E-state index contributed by atoms with van der Waals surface area (Å²) in [6.45, 7) is 1.34. The predicted molar refractivity (Wildman–Crippen MR) is 43.5 cm³/mol. The second-order valence-corrected chi connectivity index (χ2v) is 2.45. The van der Waals surface area contributed by atoms with Gasteiger partial charge >= 0.3 is 0 Å². The molecule has 0 aliphatic carbocycles. The van der Waals surface area contributed by atoms with Crippen LogP contribution in [0.2, 0.25) is 0 Å². The third kappa shape index (κ3) is 1.50. The van der Waals surface area contributed by atoms with Crippen LogP contribution < -0.4 is 0 Å². The smallest absolute Gasteiger partial charge is 0.163 e. The Morgan fingerprint density at radius 1 is 1.50 bits per heavy atom. The van der Waals surface area contributed by atoms with Crippen molar-refractivity contribution in [3.8, 4) is 5.75 Å². The van der Waals surface area contributed by atoms with E-state index in [0.29, 0.717) is 11.8 Å². The third-order valence-electron chi connectivity index (χ3n) is 1.54. The maximum atomic E-state index is 10.9. The number of carbonyl (C=O) groups excluding carboxylic acids is 2. The minimum atomic E-state index is -0.254. The molecule has 0 aromatic heterocycles. The van der Waals surface area contributed by atoms with Gasteiger partial charge in [0, 0.05) is 5.56 Å². The Morgan fingerprint density at radius 2 is 2.17 bits per heavy atom. The summed E-state index contributed by atoms with van der Waals surface area (Å²) >= 11 is 0. The van der Waals surface area contributed by atoms with Crippen molar-refractivity contribution in [2.45, 2.75) is 6.92 Å². The molecule has 0 heterocycles. The lowest BCUT2D eigenvalue weighted by atomic mass is 10.1. The number of ketones is 1. The molecule has 0 spiro atoms. The van der Waals surface area contributed by atoms with E-state index >= 15 is 0 Å². The van der Waals surface area contributed by atoms with E-state index in [1.165, 1.54) is 25.1 Å². The highest BCUT2D eigenvalue weighted by Crippen LogP contribution is 2.17. The zero-order valence-corrected chi connectivity index (χ0v) is 6.57. The first-order valence-electron chi connectivity index (χ1n) is 3.44. The molecule has 3 heteroatoms. The van der Waals surface area contributed by atoms with Gasteiger partial charge in [-0.1, -0.05) is 0 Å². The van der Waals surface area contributed by atoms with Crippen molar-refractivity contribution in [1.82, 2.24) is 0 Å². The number of aldehydes is 1. The summed E-state index contributed by atoms with van der Waals surface area (Å²) in [5.41, 5.74) is 0.567. The fourth-order valence-corrected chi connectivity index (χ4v) is 0.909. The number of phenols is 1. The van der Waals surface area contributed by atoms with Gasteiger partial charge in [0.2, 0.25) is 0 Å². The van der Waals surface area contributed by atoms with Crippen molar-refractivity contribution >= 4 is 12.1 Å². The average molecular weight is 164 g/mol. The molecule has 0 aliphatic heterocycles. The van der Waals surface area contributed by atoms with Crippen LogP contribution in [0, 0.1) is 0 Å². The van der Waals surface area contributed by atoms with Gasteiger partial charge in [-0.15, -0.1) is 0 Å². The lowest BCUT2D eigenvalue weighted by Gasteiger charge is -1.99. The van der Waals surface area contributed by atoms with Gasteiger partial charge < -0.3 is 5.11 Å². The Hall–Kier alpha value is -1.64. The first kappa shape index (κ1) is 8.46. The Balaban J connectivity index is 3.25. The van der Waals surface area contributed by atoms with Crippen LogP contribution in [-0.4, -0.2) is 17.2 Å². The van der Waals surface area contributed by atoms with E-state index in [4.69, 9.17) is 5.11 Å². The van der Waals surface area contributed by atoms with Gasteiger partial charge in [0.05, 0.1) is 5.56 Å². The molecule has 1 N–H and O–H groups in total. The summed E-state index contributed by atoms with van der Waals surface area (Å²) in [4.78, 5) is 21.2. The maximum absolute atomic E-state index is 10.9. The summed E-state index contributed by atoms with van der Waals surface area (Å²) < 4.78 is 0. The zero-order chi connectivity index (χ0) is 9.14. The molecule has 0 atom stereocenters. The Labute approximate surface area is 69.6 Å². The SMILES string of the molecule is CC(=O)c1cc(C=O)ccc1O. The molecule has 0 amide bonds. The number of rotatable bonds is 2. The van der Waals surface area contributed by atoms with Crippen LogP contribution in [0.25, 0.3) is 0 Å². The summed E-state index contributed by atoms with van der Waals surface area (Å²) in [6, 6.07) is 4.15. The standard InChI is InChI=1S/C9H8O3/c1-6(11)8-4-7(5-10)2-3-9(8)12/h2-5,12H,1H3. The third-order valence-corrected chi connectivity index (χ3v) is 1.54. The molecule has 0 bridgehead atoms. The van der Waals surface area contributed by atoms with Gasteiger partial charge in [0.1, 0.15) is 12.0 Å². The van der Waals surface area contributed by atoms with E-state index in [1.54, 1.807) is 0 Å². The van der Waals surface area contributed by atoms with Crippen LogP contribution in [0.15, 0.2) is 18.2 Å². The number of benzene rings is 1. The molecule has 1 aromatic rings. The zero-order valence-electron chi connectivity index (χ0n) is 6.57. The first-order chi connectivity index (χ1) is 5.65. The largest absolute Gasteiger partial charge is 0.507 e. The van der Waals surface area contributed by atoms with E-state index in [0.717, 1.165) is 0 Å². The molecule has 0 unspecified atom stereocenters. The van der Waals surface area contributed by atoms with Crippen LogP contribution in [0.5, 0.6) is 5.75 Å². The van der Waals surface area contributed by atoms with E-state index in [-0.39, 0.29) is 17.1 Å². The van der Waals surface area contributed by atoms with Crippen molar-refractivity contribution < 1.29 is 14.7 Å². The van der Waals surface area contributed by atoms with Crippen molar-refractivity contribution in [2.24, 2.45) is 0 Å². The average Bonchev–Trinajstić information content (AvgIpc) is 2.05. The minimum Gasteiger partial charge on any atom is -0.507 e. The molecule has 1 rings (SSSR count). The molecule has 0 saturated heterocycles. The lowest BCUT2D eigenvalue weighted by molar-refractivity contribution is 0.101. The molecule has 0 radical (unpaired) electrons. The summed E-state index contributed by atoms with van der Waals surface area (Å²) in [6.07, 6.45) is 0.631. The fourth-order valence-electron chi connectivity index (χ4n) is 0.909. The van der Waals surface area contributed by atoms with Gasteiger partial charge in [-0.3, -0.25) is 9.59 Å². The van der Waals surface area contributed by atoms with Crippen molar-refractivity contribution in [3.63, 3.8) is 0 Å². The van der Waals surface area contributed by atoms with Gasteiger partial charge in [-0.2, -0.15) is 0 Å². The number of phenolic OH excluding ortho intramolecular Hbond substituents is 1. The highest BCUT2D eigenvalue weighted by molar-refractivity contribution is 5.98. The second kappa shape index (κ2) is 3.17. The van der Waals surface area contributed by atoms with Gasteiger partial charge in [0.15, 0.2) is 5.78 Å². The Bertz CT molecular complexity index is 329. The number of carbonyl (C=O) groups is 2. The topological polar surface area (TPSA) is 54.4 Å².